The Morgan fingerprint density at radius 2 is 1.81 bits per heavy atom. The van der Waals surface area contributed by atoms with Gasteiger partial charge in [-0.1, -0.05) is 24.6 Å². The first-order valence-corrected chi connectivity index (χ1v) is 10.5. The van der Waals surface area contributed by atoms with E-state index in [0.29, 0.717) is 41.0 Å². The molecule has 2 aliphatic rings. The van der Waals surface area contributed by atoms with Crippen LogP contribution in [-0.4, -0.2) is 34.7 Å². The van der Waals surface area contributed by atoms with Crippen molar-refractivity contribution in [2.24, 2.45) is 5.92 Å². The second kappa shape index (κ2) is 8.15. The number of nitro groups is 1. The summed E-state index contributed by atoms with van der Waals surface area (Å²) >= 11 is 6.26. The number of amides is 2. The number of carbonyl (C=O) groups excluding carboxylic acids is 2. The second-order valence-electron chi connectivity index (χ2n) is 8.10. The van der Waals surface area contributed by atoms with Crippen LogP contribution in [0, 0.1) is 23.0 Å². The molecule has 0 bridgehead atoms. The Kier molecular flexibility index (Phi) is 5.54. The lowest BCUT2D eigenvalue weighted by Gasteiger charge is -2.33. The first kappa shape index (κ1) is 21.1. The molecule has 0 saturated carbocycles. The van der Waals surface area contributed by atoms with Gasteiger partial charge in [-0.15, -0.1) is 0 Å². The maximum absolute atomic E-state index is 13.5. The van der Waals surface area contributed by atoms with Crippen molar-refractivity contribution in [1.29, 1.82) is 0 Å². The van der Waals surface area contributed by atoms with Gasteiger partial charge in [0.15, 0.2) is 0 Å². The standard InChI is InChI=1S/C23H22ClN3O4/c1-14-4-3-11-25(13-14)21-20(16-6-9-17(10-7-16)27(30)31)22(28)26(23(21)29)18-8-5-15(2)19(24)12-18/h5-10,12,14H,3-4,11,13H2,1-2H3. The highest BCUT2D eigenvalue weighted by Gasteiger charge is 2.43. The molecule has 0 radical (unpaired) electrons. The summed E-state index contributed by atoms with van der Waals surface area (Å²) in [6.07, 6.45) is 1.99. The van der Waals surface area contributed by atoms with Crippen molar-refractivity contribution in [3.8, 4) is 0 Å². The van der Waals surface area contributed by atoms with Crippen LogP contribution in [0.15, 0.2) is 48.2 Å². The lowest BCUT2D eigenvalue weighted by molar-refractivity contribution is -0.384. The summed E-state index contributed by atoms with van der Waals surface area (Å²) in [5, 5.41) is 11.5. The number of imide groups is 1. The van der Waals surface area contributed by atoms with E-state index < -0.39 is 16.7 Å². The fourth-order valence-electron chi connectivity index (χ4n) is 4.17. The van der Waals surface area contributed by atoms with Gasteiger partial charge >= 0.3 is 0 Å². The number of nitrogens with zero attached hydrogens (tertiary/aromatic N) is 3. The SMILES string of the molecule is Cc1ccc(N2C(=O)C(c3ccc([N+](=O)[O-])cc3)=C(N3CCCC(C)C3)C2=O)cc1Cl. The Labute approximate surface area is 185 Å². The Hall–Kier alpha value is -3.19. The van der Waals surface area contributed by atoms with Crippen LogP contribution in [0.4, 0.5) is 11.4 Å². The first-order chi connectivity index (χ1) is 14.8. The number of hydrogen-bond donors (Lipinski definition) is 0. The van der Waals surface area contributed by atoms with Crippen LogP contribution in [0.2, 0.25) is 5.02 Å². The number of piperidine rings is 1. The van der Waals surface area contributed by atoms with Crippen molar-refractivity contribution in [3.05, 3.63) is 74.4 Å². The highest BCUT2D eigenvalue weighted by atomic mass is 35.5. The summed E-state index contributed by atoms with van der Waals surface area (Å²) in [5.41, 5.74) is 2.28. The highest BCUT2D eigenvalue weighted by molar-refractivity contribution is 6.45. The third-order valence-corrected chi connectivity index (χ3v) is 6.22. The monoisotopic (exact) mass is 439 g/mol. The quantitative estimate of drug-likeness (QED) is 0.395. The van der Waals surface area contributed by atoms with E-state index in [1.54, 1.807) is 18.2 Å². The lowest BCUT2D eigenvalue weighted by atomic mass is 9.97. The van der Waals surface area contributed by atoms with Gasteiger partial charge in [0, 0.05) is 30.2 Å². The third-order valence-electron chi connectivity index (χ3n) is 5.81. The summed E-state index contributed by atoms with van der Waals surface area (Å²) < 4.78 is 0. The largest absolute Gasteiger partial charge is 0.366 e. The molecule has 31 heavy (non-hydrogen) atoms. The molecule has 2 aliphatic heterocycles. The Morgan fingerprint density at radius 1 is 1.10 bits per heavy atom. The topological polar surface area (TPSA) is 83.8 Å². The van der Waals surface area contributed by atoms with E-state index in [4.69, 9.17) is 11.6 Å². The van der Waals surface area contributed by atoms with E-state index in [1.807, 2.05) is 11.8 Å². The van der Waals surface area contributed by atoms with Crippen molar-refractivity contribution in [2.75, 3.05) is 18.0 Å². The van der Waals surface area contributed by atoms with Crippen LogP contribution < -0.4 is 4.90 Å². The fourth-order valence-corrected chi connectivity index (χ4v) is 4.34. The van der Waals surface area contributed by atoms with Gasteiger partial charge in [0.05, 0.1) is 16.2 Å². The number of aryl methyl sites for hydroxylation is 1. The number of carbonyl (C=O) groups is 2. The predicted octanol–water partition coefficient (Wildman–Crippen LogP) is 4.57. The number of halogens is 1. The summed E-state index contributed by atoms with van der Waals surface area (Å²) in [6, 6.07) is 10.8. The number of anilines is 1. The highest BCUT2D eigenvalue weighted by Crippen LogP contribution is 2.37. The number of likely N-dealkylation sites (tertiary alicyclic amines) is 1. The number of rotatable bonds is 4. The molecular weight excluding hydrogens is 418 g/mol. The molecule has 1 atom stereocenters. The second-order valence-corrected chi connectivity index (χ2v) is 8.51. The molecule has 7 nitrogen and oxygen atoms in total. The molecule has 1 unspecified atom stereocenters. The number of benzene rings is 2. The van der Waals surface area contributed by atoms with Crippen LogP contribution in [0.25, 0.3) is 5.57 Å². The predicted molar refractivity (Wildman–Crippen MR) is 119 cm³/mol. The lowest BCUT2D eigenvalue weighted by Crippen LogP contribution is -2.39. The van der Waals surface area contributed by atoms with Crippen molar-refractivity contribution < 1.29 is 14.5 Å². The summed E-state index contributed by atoms with van der Waals surface area (Å²) in [4.78, 5) is 40.7. The maximum Gasteiger partial charge on any atom is 0.282 e. The Morgan fingerprint density at radius 3 is 2.42 bits per heavy atom. The maximum atomic E-state index is 13.5. The Bertz CT molecular complexity index is 1110. The van der Waals surface area contributed by atoms with Crippen molar-refractivity contribution in [3.63, 3.8) is 0 Å². The molecule has 2 amide bonds. The van der Waals surface area contributed by atoms with Gasteiger partial charge in [-0.3, -0.25) is 19.7 Å². The molecule has 2 aromatic carbocycles. The summed E-state index contributed by atoms with van der Waals surface area (Å²) in [5.74, 6) is -0.454. The fraction of sp³-hybridized carbons (Fsp3) is 0.304. The van der Waals surface area contributed by atoms with Crippen molar-refractivity contribution >= 4 is 40.4 Å². The minimum Gasteiger partial charge on any atom is -0.366 e. The smallest absolute Gasteiger partial charge is 0.282 e. The molecule has 0 spiro atoms. The molecule has 1 saturated heterocycles. The van der Waals surface area contributed by atoms with Crippen LogP contribution in [0.3, 0.4) is 0 Å². The zero-order chi connectivity index (χ0) is 22.3. The Balaban J connectivity index is 1.82. The minimum absolute atomic E-state index is 0.0727. The van der Waals surface area contributed by atoms with Crippen molar-refractivity contribution in [2.45, 2.75) is 26.7 Å². The van der Waals surface area contributed by atoms with E-state index >= 15 is 0 Å². The average molecular weight is 440 g/mol. The van der Waals surface area contributed by atoms with E-state index in [-0.39, 0.29) is 11.3 Å². The van der Waals surface area contributed by atoms with Gasteiger partial charge in [0.1, 0.15) is 5.70 Å². The molecule has 0 N–H and O–H groups in total. The molecule has 2 heterocycles. The molecule has 4 rings (SSSR count). The number of non-ortho nitro benzene ring substituents is 1. The van der Waals surface area contributed by atoms with Crippen LogP contribution in [-0.2, 0) is 9.59 Å². The molecule has 2 aromatic rings. The molecule has 0 aliphatic carbocycles. The summed E-state index contributed by atoms with van der Waals surface area (Å²) in [6.45, 7) is 5.32. The van der Waals surface area contributed by atoms with E-state index in [1.165, 1.54) is 24.3 Å². The van der Waals surface area contributed by atoms with Crippen LogP contribution in [0.5, 0.6) is 0 Å². The van der Waals surface area contributed by atoms with Gasteiger partial charge in [-0.05, 0) is 61.1 Å². The van der Waals surface area contributed by atoms with Gasteiger partial charge in [-0.25, -0.2) is 4.90 Å². The van der Waals surface area contributed by atoms with E-state index in [9.17, 15) is 19.7 Å². The zero-order valence-electron chi connectivity index (χ0n) is 17.3. The van der Waals surface area contributed by atoms with Gasteiger partial charge in [0.25, 0.3) is 17.5 Å². The minimum atomic E-state index is -0.492. The third kappa shape index (κ3) is 3.81. The van der Waals surface area contributed by atoms with E-state index in [2.05, 4.69) is 6.92 Å². The molecular formula is C23H22ClN3O4. The normalized spacial score (nSPS) is 19.4. The molecule has 1 fully saturated rings. The van der Waals surface area contributed by atoms with Crippen molar-refractivity contribution in [1.82, 2.24) is 4.90 Å². The van der Waals surface area contributed by atoms with Gasteiger partial charge in [0.2, 0.25) is 0 Å². The van der Waals surface area contributed by atoms with Crippen LogP contribution in [0.1, 0.15) is 30.9 Å². The van der Waals surface area contributed by atoms with E-state index in [0.717, 1.165) is 23.3 Å². The number of hydrogen-bond acceptors (Lipinski definition) is 5. The first-order valence-electron chi connectivity index (χ1n) is 10.2. The van der Waals surface area contributed by atoms with Gasteiger partial charge in [-0.2, -0.15) is 0 Å². The zero-order valence-corrected chi connectivity index (χ0v) is 18.1. The number of nitro benzene ring substituents is 1. The van der Waals surface area contributed by atoms with Crippen LogP contribution >= 0.6 is 11.6 Å². The average Bonchev–Trinajstić information content (AvgIpc) is 3.00. The molecule has 0 aromatic heterocycles. The molecule has 160 valence electrons. The summed E-state index contributed by atoms with van der Waals surface area (Å²) in [7, 11) is 0. The van der Waals surface area contributed by atoms with Gasteiger partial charge < -0.3 is 4.90 Å². The molecule has 8 heteroatoms.